The standard InChI is InChI=1S/C25H25N7O2/c1-15-9-10-16(22-27-13-19(29-22)18-7-5-6-8-21(18)34-4)11-20(15)32-14-17-12-28-24(26-2)30-23(17)31(3)25(32)33/h5-13H,14H2,1-4H3,(H,27,29)(H,26,28,30). The van der Waals surface area contributed by atoms with Gasteiger partial charge in [-0.2, -0.15) is 4.98 Å². The van der Waals surface area contributed by atoms with Crippen molar-refractivity contribution >= 4 is 23.5 Å². The highest BCUT2D eigenvalue weighted by Gasteiger charge is 2.31. The second kappa shape index (κ2) is 8.51. The minimum atomic E-state index is -0.150. The molecule has 0 saturated carbocycles. The number of hydrogen-bond donors (Lipinski definition) is 2. The van der Waals surface area contributed by atoms with Gasteiger partial charge in [-0.25, -0.2) is 14.8 Å². The van der Waals surface area contributed by atoms with Gasteiger partial charge in [-0.3, -0.25) is 9.80 Å². The van der Waals surface area contributed by atoms with Crippen LogP contribution in [0.3, 0.4) is 0 Å². The second-order valence-electron chi connectivity index (χ2n) is 8.07. The lowest BCUT2D eigenvalue weighted by Gasteiger charge is -2.34. The molecule has 0 spiro atoms. The largest absolute Gasteiger partial charge is 0.496 e. The number of aryl methyl sites for hydroxylation is 1. The summed E-state index contributed by atoms with van der Waals surface area (Å²) in [7, 11) is 5.13. The molecule has 0 aliphatic carbocycles. The third kappa shape index (κ3) is 3.61. The lowest BCUT2D eigenvalue weighted by molar-refractivity contribution is 0.251. The van der Waals surface area contributed by atoms with Crippen LogP contribution in [0.5, 0.6) is 5.75 Å². The molecule has 9 heteroatoms. The van der Waals surface area contributed by atoms with Gasteiger partial charge in [0.1, 0.15) is 17.4 Å². The Morgan fingerprint density at radius 1 is 1.12 bits per heavy atom. The Balaban J connectivity index is 1.50. The highest BCUT2D eigenvalue weighted by atomic mass is 16.5. The number of amides is 2. The lowest BCUT2D eigenvalue weighted by atomic mass is 10.1. The van der Waals surface area contributed by atoms with Gasteiger partial charge in [0.25, 0.3) is 0 Å². The molecule has 0 saturated heterocycles. The first-order valence-electron chi connectivity index (χ1n) is 10.9. The molecule has 0 unspecified atom stereocenters. The number of para-hydroxylation sites is 1. The normalized spacial score (nSPS) is 13.1. The van der Waals surface area contributed by atoms with E-state index in [1.54, 1.807) is 43.4 Å². The summed E-state index contributed by atoms with van der Waals surface area (Å²) in [6.45, 7) is 2.38. The zero-order chi connectivity index (χ0) is 23.8. The predicted molar refractivity (Wildman–Crippen MR) is 132 cm³/mol. The van der Waals surface area contributed by atoms with Crippen molar-refractivity contribution in [3.8, 4) is 28.4 Å². The van der Waals surface area contributed by atoms with Crippen LogP contribution in [-0.4, -0.2) is 47.2 Å². The average Bonchev–Trinajstić information content (AvgIpc) is 3.36. The smallest absolute Gasteiger partial charge is 0.330 e. The highest BCUT2D eigenvalue weighted by Crippen LogP contribution is 2.35. The van der Waals surface area contributed by atoms with Crippen LogP contribution in [-0.2, 0) is 6.54 Å². The second-order valence-corrected chi connectivity index (χ2v) is 8.07. The van der Waals surface area contributed by atoms with Gasteiger partial charge in [-0.1, -0.05) is 24.3 Å². The van der Waals surface area contributed by atoms with E-state index in [4.69, 9.17) is 4.74 Å². The number of H-pyrrole nitrogens is 1. The van der Waals surface area contributed by atoms with Crippen LogP contribution < -0.4 is 19.9 Å². The Morgan fingerprint density at radius 3 is 2.74 bits per heavy atom. The first-order chi connectivity index (χ1) is 16.5. The van der Waals surface area contributed by atoms with Crippen LogP contribution in [0.15, 0.2) is 54.9 Å². The van der Waals surface area contributed by atoms with Crippen molar-refractivity contribution in [2.45, 2.75) is 13.5 Å². The number of fused-ring (bicyclic) bond motifs is 1. The topological polar surface area (TPSA) is 99.3 Å². The van der Waals surface area contributed by atoms with E-state index in [0.717, 1.165) is 39.4 Å². The number of methoxy groups -OCH3 is 1. The molecule has 0 bridgehead atoms. The van der Waals surface area contributed by atoms with Gasteiger partial charge < -0.3 is 15.0 Å². The minimum absolute atomic E-state index is 0.150. The van der Waals surface area contributed by atoms with Gasteiger partial charge in [-0.15, -0.1) is 0 Å². The van der Waals surface area contributed by atoms with Gasteiger partial charge in [0.05, 0.1) is 25.5 Å². The fourth-order valence-electron chi connectivity index (χ4n) is 4.14. The molecule has 9 nitrogen and oxygen atoms in total. The summed E-state index contributed by atoms with van der Waals surface area (Å²) in [5, 5.41) is 2.92. The van der Waals surface area contributed by atoms with Crippen LogP contribution in [0.25, 0.3) is 22.6 Å². The Kier molecular flexibility index (Phi) is 5.37. The van der Waals surface area contributed by atoms with E-state index in [-0.39, 0.29) is 6.03 Å². The Bertz CT molecular complexity index is 1380. The molecular formula is C25H25N7O2. The molecule has 3 heterocycles. The van der Waals surface area contributed by atoms with Crippen molar-refractivity contribution in [2.24, 2.45) is 0 Å². The van der Waals surface area contributed by atoms with Crippen LogP contribution in [0, 0.1) is 6.92 Å². The number of ether oxygens (including phenoxy) is 1. The molecule has 172 valence electrons. The number of anilines is 3. The molecule has 2 N–H and O–H groups in total. The summed E-state index contributed by atoms with van der Waals surface area (Å²) in [5.74, 6) is 2.57. The van der Waals surface area contributed by atoms with Gasteiger partial charge in [0.2, 0.25) is 5.95 Å². The number of benzene rings is 2. The predicted octanol–water partition coefficient (Wildman–Crippen LogP) is 4.47. The minimum Gasteiger partial charge on any atom is -0.496 e. The van der Waals surface area contributed by atoms with Crippen molar-refractivity contribution < 1.29 is 9.53 Å². The van der Waals surface area contributed by atoms with Gasteiger partial charge >= 0.3 is 6.03 Å². The van der Waals surface area contributed by atoms with Gasteiger partial charge in [0, 0.05) is 42.7 Å². The van der Waals surface area contributed by atoms with Crippen molar-refractivity contribution in [3.63, 3.8) is 0 Å². The molecule has 5 rings (SSSR count). The summed E-state index contributed by atoms with van der Waals surface area (Å²) in [6.07, 6.45) is 3.55. The number of nitrogens with zero attached hydrogens (tertiary/aromatic N) is 5. The average molecular weight is 456 g/mol. The Labute approximate surface area is 197 Å². The van der Waals surface area contributed by atoms with E-state index in [0.29, 0.717) is 24.1 Å². The van der Waals surface area contributed by atoms with Crippen molar-refractivity contribution in [3.05, 3.63) is 66.0 Å². The molecule has 2 amide bonds. The lowest BCUT2D eigenvalue weighted by Crippen LogP contribution is -2.46. The molecule has 1 aliphatic heterocycles. The maximum Gasteiger partial charge on any atom is 0.330 e. The van der Waals surface area contributed by atoms with Crippen molar-refractivity contribution in [1.82, 2.24) is 19.9 Å². The number of carbonyl (C=O) groups is 1. The first-order valence-corrected chi connectivity index (χ1v) is 10.9. The van der Waals surface area contributed by atoms with E-state index >= 15 is 0 Å². The van der Waals surface area contributed by atoms with Crippen molar-refractivity contribution in [1.29, 1.82) is 0 Å². The number of rotatable bonds is 5. The van der Waals surface area contributed by atoms with Crippen molar-refractivity contribution in [2.75, 3.05) is 36.3 Å². The van der Waals surface area contributed by atoms with Gasteiger partial charge in [0.15, 0.2) is 0 Å². The molecule has 1 aliphatic rings. The van der Waals surface area contributed by atoms with Crippen LogP contribution >= 0.6 is 0 Å². The quantitative estimate of drug-likeness (QED) is 0.461. The van der Waals surface area contributed by atoms with Gasteiger partial charge in [-0.05, 0) is 30.7 Å². The van der Waals surface area contributed by atoms with E-state index in [9.17, 15) is 4.79 Å². The molecular weight excluding hydrogens is 430 g/mol. The number of aromatic amines is 1. The fourth-order valence-corrected chi connectivity index (χ4v) is 4.14. The summed E-state index contributed by atoms with van der Waals surface area (Å²) in [5.41, 5.74) is 5.34. The molecule has 0 radical (unpaired) electrons. The number of imidazole rings is 1. The van der Waals surface area contributed by atoms with Crippen LogP contribution in [0.4, 0.5) is 22.2 Å². The zero-order valence-corrected chi connectivity index (χ0v) is 19.5. The van der Waals surface area contributed by atoms with E-state index in [1.807, 2.05) is 49.4 Å². The van der Waals surface area contributed by atoms with E-state index in [2.05, 4.69) is 25.3 Å². The number of hydrogen-bond acceptors (Lipinski definition) is 6. The Morgan fingerprint density at radius 2 is 1.94 bits per heavy atom. The molecule has 2 aromatic heterocycles. The number of aromatic nitrogens is 4. The zero-order valence-electron chi connectivity index (χ0n) is 19.5. The SMILES string of the molecule is CNc1ncc2c(n1)N(C)C(=O)N(c1cc(-c3ncc(-c4ccccc4OC)[nH]3)ccc1C)C2. The van der Waals surface area contributed by atoms with E-state index < -0.39 is 0 Å². The van der Waals surface area contributed by atoms with E-state index in [1.165, 1.54) is 0 Å². The molecule has 34 heavy (non-hydrogen) atoms. The van der Waals surface area contributed by atoms with Crippen LogP contribution in [0.1, 0.15) is 11.1 Å². The maximum absolute atomic E-state index is 13.3. The molecule has 2 aromatic carbocycles. The third-order valence-electron chi connectivity index (χ3n) is 5.98. The number of nitrogens with one attached hydrogen (secondary N) is 2. The Hall–Kier alpha value is -4.40. The molecule has 4 aromatic rings. The summed E-state index contributed by atoms with van der Waals surface area (Å²) in [6, 6.07) is 13.6. The third-order valence-corrected chi connectivity index (χ3v) is 5.98. The number of urea groups is 1. The summed E-state index contributed by atoms with van der Waals surface area (Å²) < 4.78 is 5.48. The number of carbonyl (C=O) groups excluding carboxylic acids is 1. The first kappa shape index (κ1) is 21.4. The maximum atomic E-state index is 13.3. The fraction of sp³-hybridized carbons (Fsp3) is 0.200. The van der Waals surface area contributed by atoms with Crippen LogP contribution in [0.2, 0.25) is 0 Å². The summed E-state index contributed by atoms with van der Waals surface area (Å²) >= 11 is 0. The monoisotopic (exact) mass is 455 g/mol. The molecule has 0 fully saturated rings. The highest BCUT2D eigenvalue weighted by molar-refractivity contribution is 6.05. The summed E-state index contributed by atoms with van der Waals surface area (Å²) in [4.78, 5) is 33.3. The molecule has 0 atom stereocenters.